The number of hydrogen-bond donors (Lipinski definition) is 0. The maximum absolute atomic E-state index is 5.90. The number of benzene rings is 1. The van der Waals surface area contributed by atoms with Gasteiger partial charge in [-0.25, -0.2) is 0 Å². The lowest BCUT2D eigenvalue weighted by atomic mass is 9.96. The van der Waals surface area contributed by atoms with Crippen LogP contribution < -0.4 is 0 Å². The maximum atomic E-state index is 5.90. The molecule has 1 saturated heterocycles. The molecule has 1 fully saturated rings. The van der Waals surface area contributed by atoms with Crippen molar-refractivity contribution in [2.45, 2.75) is 56.7 Å². The highest BCUT2D eigenvalue weighted by atomic mass is 28.2. The molecule has 0 bridgehead atoms. The minimum Gasteiger partial charge on any atom is -0.382 e. The summed E-state index contributed by atoms with van der Waals surface area (Å²) in [5.41, 5.74) is 2.21. The molecular weight excluding hydrogens is 236 g/mol. The van der Waals surface area contributed by atoms with E-state index in [-0.39, 0.29) is 9.52 Å². The number of ether oxygens (including phenoxy) is 1. The Morgan fingerprint density at radius 3 is 2.78 bits per heavy atom. The van der Waals surface area contributed by atoms with Crippen LogP contribution >= 0.6 is 0 Å². The summed E-state index contributed by atoms with van der Waals surface area (Å²) >= 11 is 0. The summed E-state index contributed by atoms with van der Waals surface area (Å²) in [5.74, 6) is 0.786. The molecule has 1 aliphatic heterocycles. The molecule has 1 aromatic carbocycles. The highest BCUT2D eigenvalue weighted by molar-refractivity contribution is 6.37. The van der Waals surface area contributed by atoms with E-state index in [2.05, 4.69) is 37.3 Å². The topological polar surface area (TPSA) is 9.23 Å². The van der Waals surface area contributed by atoms with Crippen LogP contribution in [0.3, 0.4) is 0 Å². The van der Waals surface area contributed by atoms with Gasteiger partial charge in [-0.2, -0.15) is 0 Å². The maximum Gasteiger partial charge on any atom is 0.0561 e. The van der Waals surface area contributed by atoms with Gasteiger partial charge in [-0.1, -0.05) is 49.7 Å². The zero-order valence-corrected chi connectivity index (χ0v) is 13.0. The van der Waals surface area contributed by atoms with Gasteiger partial charge in [-0.15, -0.1) is 0 Å². The van der Waals surface area contributed by atoms with Crippen molar-refractivity contribution >= 4 is 9.52 Å². The van der Waals surface area contributed by atoms with E-state index < -0.39 is 0 Å². The van der Waals surface area contributed by atoms with Gasteiger partial charge < -0.3 is 4.74 Å². The van der Waals surface area contributed by atoms with Crippen LogP contribution in [0.5, 0.6) is 0 Å². The first-order valence-corrected chi connectivity index (χ1v) is 9.38. The Bertz CT molecular complexity index is 319. The van der Waals surface area contributed by atoms with Crippen molar-refractivity contribution in [3.63, 3.8) is 0 Å². The standard InChI is InChI=1S/C16H26OSi/c1-2-8-15(14-9-4-3-5-10-14)13-18-16-11-6-7-12-17-16/h3-5,9-10,15-16H,2,6-8,11-13,18H2,1H3. The fourth-order valence-corrected chi connectivity index (χ4v) is 5.28. The van der Waals surface area contributed by atoms with Crippen LogP contribution in [0.25, 0.3) is 0 Å². The van der Waals surface area contributed by atoms with E-state index in [1.54, 1.807) is 5.56 Å². The molecule has 100 valence electrons. The average Bonchev–Trinajstić information content (AvgIpc) is 2.45. The monoisotopic (exact) mass is 262 g/mol. The van der Waals surface area contributed by atoms with Crippen LogP contribution in [0, 0.1) is 0 Å². The van der Waals surface area contributed by atoms with Gasteiger partial charge in [0.15, 0.2) is 0 Å². The average molecular weight is 262 g/mol. The second kappa shape index (κ2) is 7.75. The molecule has 1 aromatic rings. The van der Waals surface area contributed by atoms with E-state index in [4.69, 9.17) is 4.74 Å². The highest BCUT2D eigenvalue weighted by Gasteiger charge is 2.17. The molecule has 1 aliphatic rings. The molecule has 2 unspecified atom stereocenters. The molecule has 0 amide bonds. The molecule has 1 nitrogen and oxygen atoms in total. The van der Waals surface area contributed by atoms with Crippen molar-refractivity contribution in [1.82, 2.24) is 0 Å². The molecule has 2 rings (SSSR count). The Morgan fingerprint density at radius 1 is 1.28 bits per heavy atom. The predicted molar refractivity (Wildman–Crippen MR) is 81.0 cm³/mol. The van der Waals surface area contributed by atoms with Crippen LogP contribution in [0.4, 0.5) is 0 Å². The molecule has 2 heteroatoms. The third-order valence-corrected chi connectivity index (χ3v) is 6.34. The fourth-order valence-electron chi connectivity index (χ4n) is 2.97. The molecule has 18 heavy (non-hydrogen) atoms. The SMILES string of the molecule is CCCC(C[SiH2]C1CCCCO1)c1ccccc1. The van der Waals surface area contributed by atoms with Gasteiger partial charge in [0.1, 0.15) is 0 Å². The van der Waals surface area contributed by atoms with Crippen molar-refractivity contribution in [2.24, 2.45) is 0 Å². The van der Waals surface area contributed by atoms with Crippen LogP contribution in [0.15, 0.2) is 30.3 Å². The Balaban J connectivity index is 1.86. The Morgan fingerprint density at radius 2 is 2.11 bits per heavy atom. The van der Waals surface area contributed by atoms with Crippen molar-refractivity contribution < 1.29 is 4.74 Å². The van der Waals surface area contributed by atoms with Gasteiger partial charge >= 0.3 is 0 Å². The largest absolute Gasteiger partial charge is 0.382 e. The molecule has 0 radical (unpaired) electrons. The second-order valence-corrected chi connectivity index (χ2v) is 7.53. The van der Waals surface area contributed by atoms with Gasteiger partial charge in [0.2, 0.25) is 0 Å². The first kappa shape index (κ1) is 13.8. The summed E-state index contributed by atoms with van der Waals surface area (Å²) in [7, 11) is -0.0683. The number of rotatable bonds is 6. The van der Waals surface area contributed by atoms with E-state index in [0.717, 1.165) is 12.5 Å². The summed E-state index contributed by atoms with van der Waals surface area (Å²) < 4.78 is 5.90. The fraction of sp³-hybridized carbons (Fsp3) is 0.625. The van der Waals surface area contributed by atoms with Crippen LogP contribution in [0.2, 0.25) is 6.04 Å². The predicted octanol–water partition coefficient (Wildman–Crippen LogP) is 3.68. The summed E-state index contributed by atoms with van der Waals surface area (Å²) in [6, 6.07) is 12.5. The van der Waals surface area contributed by atoms with Gasteiger partial charge in [0.25, 0.3) is 0 Å². The molecule has 0 aliphatic carbocycles. The highest BCUT2D eigenvalue weighted by Crippen LogP contribution is 2.26. The third kappa shape index (κ3) is 4.25. The third-order valence-electron chi connectivity index (χ3n) is 4.02. The normalized spacial score (nSPS) is 22.4. The van der Waals surface area contributed by atoms with Crippen molar-refractivity contribution in [2.75, 3.05) is 6.61 Å². The molecule has 0 saturated carbocycles. The van der Waals surface area contributed by atoms with E-state index in [1.165, 1.54) is 38.1 Å². The zero-order valence-electron chi connectivity index (χ0n) is 11.6. The van der Waals surface area contributed by atoms with E-state index in [0.29, 0.717) is 5.73 Å². The molecule has 1 heterocycles. The molecule has 0 aromatic heterocycles. The van der Waals surface area contributed by atoms with Gasteiger partial charge in [0, 0.05) is 12.3 Å². The minimum atomic E-state index is -0.0683. The van der Waals surface area contributed by atoms with Crippen LogP contribution in [-0.4, -0.2) is 21.9 Å². The van der Waals surface area contributed by atoms with Crippen molar-refractivity contribution in [3.05, 3.63) is 35.9 Å². The minimum absolute atomic E-state index is 0.0683. The smallest absolute Gasteiger partial charge is 0.0561 e. The lowest BCUT2D eigenvalue weighted by Gasteiger charge is -2.24. The quantitative estimate of drug-likeness (QED) is 0.711. The zero-order chi connectivity index (χ0) is 12.6. The van der Waals surface area contributed by atoms with Crippen molar-refractivity contribution in [3.8, 4) is 0 Å². The Kier molecular flexibility index (Phi) is 5.95. The van der Waals surface area contributed by atoms with E-state index >= 15 is 0 Å². The lowest BCUT2D eigenvalue weighted by Crippen LogP contribution is -2.26. The van der Waals surface area contributed by atoms with Gasteiger partial charge in [0.05, 0.1) is 9.52 Å². The number of hydrogen-bond acceptors (Lipinski definition) is 1. The second-order valence-electron chi connectivity index (χ2n) is 5.46. The summed E-state index contributed by atoms with van der Waals surface area (Å²) in [6.07, 6.45) is 6.63. The molecule has 0 N–H and O–H groups in total. The Labute approximate surface area is 114 Å². The van der Waals surface area contributed by atoms with Crippen LogP contribution in [-0.2, 0) is 4.74 Å². The van der Waals surface area contributed by atoms with E-state index in [1.807, 2.05) is 0 Å². The first-order valence-electron chi connectivity index (χ1n) is 7.56. The van der Waals surface area contributed by atoms with Crippen molar-refractivity contribution in [1.29, 1.82) is 0 Å². The first-order chi connectivity index (χ1) is 8.90. The molecule has 0 spiro atoms. The summed E-state index contributed by atoms with van der Waals surface area (Å²) in [6.45, 7) is 3.32. The van der Waals surface area contributed by atoms with Crippen LogP contribution in [0.1, 0.15) is 50.5 Å². The summed E-state index contributed by atoms with van der Waals surface area (Å²) in [4.78, 5) is 0. The van der Waals surface area contributed by atoms with Gasteiger partial charge in [-0.05, 0) is 37.2 Å². The molecular formula is C16H26OSi. The van der Waals surface area contributed by atoms with Gasteiger partial charge in [-0.3, -0.25) is 0 Å². The lowest BCUT2D eigenvalue weighted by molar-refractivity contribution is 0.0648. The molecule has 2 atom stereocenters. The summed E-state index contributed by atoms with van der Waals surface area (Å²) in [5, 5.41) is 0. The van der Waals surface area contributed by atoms with E-state index in [9.17, 15) is 0 Å². The Hall–Kier alpha value is -0.603.